The summed E-state index contributed by atoms with van der Waals surface area (Å²) in [5.41, 5.74) is 5.54. The van der Waals surface area contributed by atoms with Crippen LogP contribution in [0.15, 0.2) is 48.5 Å². The van der Waals surface area contributed by atoms with E-state index in [0.29, 0.717) is 31.1 Å². The van der Waals surface area contributed by atoms with E-state index < -0.39 is 11.3 Å². The highest BCUT2D eigenvalue weighted by Gasteiger charge is 2.43. The van der Waals surface area contributed by atoms with Gasteiger partial charge in [-0.05, 0) is 48.7 Å². The zero-order chi connectivity index (χ0) is 17.9. The van der Waals surface area contributed by atoms with Crippen LogP contribution in [0.5, 0.6) is 5.75 Å². The lowest BCUT2D eigenvalue weighted by Gasteiger charge is -2.35. The predicted molar refractivity (Wildman–Crippen MR) is 93.8 cm³/mol. The summed E-state index contributed by atoms with van der Waals surface area (Å²) in [6.45, 7) is 0.922. The number of ether oxygens (including phenoxy) is 2. The zero-order valence-electron chi connectivity index (χ0n) is 13.5. The first kappa shape index (κ1) is 17.5. The molecule has 0 saturated carbocycles. The molecule has 0 aromatic heterocycles. The number of benzene rings is 2. The van der Waals surface area contributed by atoms with Gasteiger partial charge >= 0.3 is 5.97 Å². The lowest BCUT2D eigenvalue weighted by molar-refractivity contribution is -0.145. The lowest BCUT2D eigenvalue weighted by atomic mass is 9.74. The minimum absolute atomic E-state index is 0.286. The molecular weight excluding hydrogens is 342 g/mol. The van der Waals surface area contributed by atoms with E-state index in [9.17, 15) is 9.59 Å². The molecule has 0 atom stereocenters. The summed E-state index contributed by atoms with van der Waals surface area (Å²) in [4.78, 5) is 24.4. The van der Waals surface area contributed by atoms with Crippen LogP contribution in [0.2, 0.25) is 5.02 Å². The Morgan fingerprint density at radius 2 is 1.80 bits per heavy atom. The molecule has 1 fully saturated rings. The molecule has 1 aliphatic heterocycles. The second-order valence-electron chi connectivity index (χ2n) is 5.99. The first-order chi connectivity index (χ1) is 12.0. The van der Waals surface area contributed by atoms with Crippen LogP contribution in [-0.2, 0) is 14.9 Å². The van der Waals surface area contributed by atoms with Gasteiger partial charge in [0.25, 0.3) is 0 Å². The van der Waals surface area contributed by atoms with Crippen molar-refractivity contribution < 1.29 is 19.1 Å². The van der Waals surface area contributed by atoms with Crippen LogP contribution in [0.25, 0.3) is 0 Å². The average molecular weight is 360 g/mol. The molecule has 1 aliphatic rings. The van der Waals surface area contributed by atoms with E-state index in [2.05, 4.69) is 0 Å². The molecule has 0 aliphatic carbocycles. The summed E-state index contributed by atoms with van der Waals surface area (Å²) in [7, 11) is 0. The van der Waals surface area contributed by atoms with Gasteiger partial charge in [0, 0.05) is 23.8 Å². The Hall–Kier alpha value is -2.37. The largest absolute Gasteiger partial charge is 0.426 e. The molecule has 0 spiro atoms. The number of rotatable bonds is 4. The van der Waals surface area contributed by atoms with Crippen molar-refractivity contribution >= 4 is 23.5 Å². The van der Waals surface area contributed by atoms with Crippen molar-refractivity contribution in [2.45, 2.75) is 18.3 Å². The van der Waals surface area contributed by atoms with Gasteiger partial charge in [-0.2, -0.15) is 0 Å². The Morgan fingerprint density at radius 1 is 1.08 bits per heavy atom. The van der Waals surface area contributed by atoms with Gasteiger partial charge in [-0.15, -0.1) is 0 Å². The Kier molecular flexibility index (Phi) is 5.06. The topological polar surface area (TPSA) is 78.6 Å². The highest BCUT2D eigenvalue weighted by Crippen LogP contribution is 2.37. The first-order valence-corrected chi connectivity index (χ1v) is 8.35. The van der Waals surface area contributed by atoms with Crippen LogP contribution in [0, 0.1) is 0 Å². The van der Waals surface area contributed by atoms with Crippen LogP contribution in [0.1, 0.15) is 28.8 Å². The molecule has 1 amide bonds. The molecule has 6 heteroatoms. The van der Waals surface area contributed by atoms with Gasteiger partial charge in [0.05, 0.1) is 5.41 Å². The first-order valence-electron chi connectivity index (χ1n) is 7.97. The van der Waals surface area contributed by atoms with Crippen LogP contribution in [-0.4, -0.2) is 25.1 Å². The fraction of sp³-hybridized carbons (Fsp3) is 0.263. The Bertz CT molecular complexity index is 800. The van der Waals surface area contributed by atoms with E-state index in [1.54, 1.807) is 30.3 Å². The molecule has 2 aromatic carbocycles. The molecule has 0 unspecified atom stereocenters. The molecule has 1 saturated heterocycles. The molecule has 130 valence electrons. The number of hydrogen-bond acceptors (Lipinski definition) is 4. The maximum atomic E-state index is 13.0. The molecule has 25 heavy (non-hydrogen) atoms. The van der Waals surface area contributed by atoms with Gasteiger partial charge in [-0.1, -0.05) is 29.8 Å². The summed E-state index contributed by atoms with van der Waals surface area (Å²) in [6.07, 6.45) is 1.00. The molecule has 3 rings (SSSR count). The molecule has 2 aromatic rings. The van der Waals surface area contributed by atoms with Crippen molar-refractivity contribution in [2.24, 2.45) is 5.73 Å². The van der Waals surface area contributed by atoms with E-state index in [4.69, 9.17) is 26.8 Å². The Morgan fingerprint density at radius 3 is 2.48 bits per heavy atom. The van der Waals surface area contributed by atoms with Gasteiger partial charge in [0.15, 0.2) is 0 Å². The number of primary amides is 1. The van der Waals surface area contributed by atoms with Crippen molar-refractivity contribution in [2.75, 3.05) is 13.2 Å². The number of amides is 1. The second-order valence-corrected chi connectivity index (χ2v) is 6.42. The van der Waals surface area contributed by atoms with Crippen LogP contribution in [0.3, 0.4) is 0 Å². The maximum absolute atomic E-state index is 13.0. The fourth-order valence-corrected chi connectivity index (χ4v) is 3.22. The number of carbonyl (C=O) groups is 2. The van der Waals surface area contributed by atoms with Crippen molar-refractivity contribution in [3.05, 3.63) is 64.7 Å². The van der Waals surface area contributed by atoms with E-state index in [-0.39, 0.29) is 17.3 Å². The number of nitrogens with two attached hydrogens (primary N) is 1. The van der Waals surface area contributed by atoms with Gasteiger partial charge in [0.2, 0.25) is 5.91 Å². The third-order valence-corrected chi connectivity index (χ3v) is 4.68. The standard InChI is InChI=1S/C19H18ClNO4/c20-15-5-2-4-14(12-15)19(7-9-24-10-8-19)18(23)25-16-6-1-3-13(11-16)17(21)22/h1-6,11-12H,7-10H2,(H2,21,22). The van der Waals surface area contributed by atoms with Crippen molar-refractivity contribution in [1.29, 1.82) is 0 Å². The summed E-state index contributed by atoms with van der Waals surface area (Å²) in [5.74, 6) is -0.678. The second kappa shape index (κ2) is 7.25. The quantitative estimate of drug-likeness (QED) is 0.672. The smallest absolute Gasteiger partial charge is 0.322 e. The zero-order valence-corrected chi connectivity index (χ0v) is 14.3. The van der Waals surface area contributed by atoms with Crippen molar-refractivity contribution in [1.82, 2.24) is 0 Å². The van der Waals surface area contributed by atoms with E-state index in [1.165, 1.54) is 6.07 Å². The highest BCUT2D eigenvalue weighted by molar-refractivity contribution is 6.30. The third kappa shape index (κ3) is 3.67. The Balaban J connectivity index is 1.93. The minimum Gasteiger partial charge on any atom is -0.426 e. The number of halogens is 1. The lowest BCUT2D eigenvalue weighted by Crippen LogP contribution is -2.44. The van der Waals surface area contributed by atoms with Crippen molar-refractivity contribution in [3.8, 4) is 5.75 Å². The number of esters is 1. The SMILES string of the molecule is NC(=O)c1cccc(OC(=O)C2(c3cccc(Cl)c3)CCOCC2)c1. The van der Waals surface area contributed by atoms with Crippen LogP contribution in [0.4, 0.5) is 0 Å². The minimum atomic E-state index is -0.828. The molecule has 0 bridgehead atoms. The van der Waals surface area contributed by atoms with Gasteiger partial charge in [-0.3, -0.25) is 9.59 Å². The predicted octanol–water partition coefficient (Wildman–Crippen LogP) is 3.09. The normalized spacial score (nSPS) is 16.2. The maximum Gasteiger partial charge on any atom is 0.322 e. The molecule has 2 N–H and O–H groups in total. The molecule has 1 heterocycles. The van der Waals surface area contributed by atoms with Gasteiger partial charge < -0.3 is 15.2 Å². The highest BCUT2D eigenvalue weighted by atomic mass is 35.5. The summed E-state index contributed by atoms with van der Waals surface area (Å²) in [5, 5.41) is 0.562. The molecular formula is C19H18ClNO4. The fourth-order valence-electron chi connectivity index (χ4n) is 3.03. The van der Waals surface area contributed by atoms with Gasteiger partial charge in [0.1, 0.15) is 5.75 Å². The summed E-state index contributed by atoms with van der Waals surface area (Å²) >= 11 is 6.11. The van der Waals surface area contributed by atoms with Crippen LogP contribution < -0.4 is 10.5 Å². The van der Waals surface area contributed by atoms with Crippen LogP contribution >= 0.6 is 11.6 Å². The van der Waals surface area contributed by atoms with E-state index in [0.717, 1.165) is 5.56 Å². The van der Waals surface area contributed by atoms with E-state index >= 15 is 0 Å². The van der Waals surface area contributed by atoms with E-state index in [1.807, 2.05) is 12.1 Å². The number of carbonyl (C=O) groups excluding carboxylic acids is 2. The monoisotopic (exact) mass is 359 g/mol. The summed E-state index contributed by atoms with van der Waals surface area (Å²) < 4.78 is 11.0. The third-order valence-electron chi connectivity index (χ3n) is 4.44. The molecule has 0 radical (unpaired) electrons. The summed E-state index contributed by atoms with van der Waals surface area (Å²) in [6, 6.07) is 13.5. The number of hydrogen-bond donors (Lipinski definition) is 1. The molecule has 5 nitrogen and oxygen atoms in total. The Labute approximate surface area is 150 Å². The average Bonchev–Trinajstić information content (AvgIpc) is 2.62. The van der Waals surface area contributed by atoms with Gasteiger partial charge in [-0.25, -0.2) is 0 Å². The van der Waals surface area contributed by atoms with Crippen molar-refractivity contribution in [3.63, 3.8) is 0 Å².